The van der Waals surface area contributed by atoms with Crippen LogP contribution in [-0.2, 0) is 0 Å². The van der Waals surface area contributed by atoms with Crippen LogP contribution in [0, 0.1) is 36.0 Å². The van der Waals surface area contributed by atoms with Crippen LogP contribution in [0.15, 0.2) is 18.5 Å². The number of nitrogens with zero attached hydrogens (tertiary/aromatic N) is 6. The highest BCUT2D eigenvalue weighted by atomic mass is 35.5. The van der Waals surface area contributed by atoms with Crippen molar-refractivity contribution >= 4 is 23.4 Å². The Bertz CT molecular complexity index is 856. The van der Waals surface area contributed by atoms with Crippen molar-refractivity contribution in [3.63, 3.8) is 0 Å². The first-order chi connectivity index (χ1) is 13.6. The van der Waals surface area contributed by atoms with Crippen LogP contribution in [0.2, 0.25) is 5.02 Å². The third-order valence-corrected chi connectivity index (χ3v) is 5.98. The van der Waals surface area contributed by atoms with Crippen molar-refractivity contribution in [3.05, 3.63) is 35.0 Å². The highest BCUT2D eigenvalue weighted by molar-refractivity contribution is 6.30. The van der Waals surface area contributed by atoms with Gasteiger partial charge in [-0.15, -0.1) is 0 Å². The number of aromatic nitrogens is 4. The van der Waals surface area contributed by atoms with Gasteiger partial charge in [-0.1, -0.05) is 11.6 Å². The Morgan fingerprint density at radius 1 is 1.25 bits per heavy atom. The minimum atomic E-state index is 0.225. The Morgan fingerprint density at radius 3 is 2.71 bits per heavy atom. The van der Waals surface area contributed by atoms with Crippen LogP contribution in [-0.4, -0.2) is 39.6 Å². The topological polar surface area (TPSA) is 90.6 Å². The lowest BCUT2D eigenvalue weighted by Crippen LogP contribution is -2.35. The second-order valence-electron chi connectivity index (χ2n) is 7.73. The second kappa shape index (κ2) is 8.27. The number of nitrogens with one attached hydrogen (secondary N) is 1. The molecule has 0 amide bonds. The van der Waals surface area contributed by atoms with Gasteiger partial charge >= 0.3 is 0 Å². The zero-order valence-electron chi connectivity index (χ0n) is 16.0. The van der Waals surface area contributed by atoms with E-state index >= 15 is 0 Å². The van der Waals surface area contributed by atoms with Gasteiger partial charge in [0.15, 0.2) is 0 Å². The van der Waals surface area contributed by atoms with Crippen molar-refractivity contribution in [2.75, 3.05) is 29.9 Å². The fraction of sp³-hybridized carbons (Fsp3) is 0.550. The fourth-order valence-corrected chi connectivity index (χ4v) is 4.37. The monoisotopic (exact) mass is 397 g/mol. The molecule has 7 nitrogen and oxygen atoms in total. The smallest absolute Gasteiger partial charge is 0.234 e. The first-order valence-corrected chi connectivity index (χ1v) is 10.2. The molecule has 1 saturated heterocycles. The summed E-state index contributed by atoms with van der Waals surface area (Å²) in [4.78, 5) is 19.2. The molecule has 3 heterocycles. The number of rotatable bonds is 6. The summed E-state index contributed by atoms with van der Waals surface area (Å²) in [5, 5.41) is 12.9. The average Bonchev–Trinajstić information content (AvgIpc) is 3.48. The molecule has 1 aliphatic heterocycles. The number of anilines is 2. The van der Waals surface area contributed by atoms with Crippen molar-refractivity contribution in [1.82, 2.24) is 19.9 Å². The van der Waals surface area contributed by atoms with Crippen LogP contribution in [0.4, 0.5) is 11.8 Å². The van der Waals surface area contributed by atoms with Gasteiger partial charge in [-0.3, -0.25) is 0 Å². The molecule has 146 valence electrons. The van der Waals surface area contributed by atoms with E-state index in [0.29, 0.717) is 5.02 Å². The maximum atomic E-state index is 8.97. The van der Waals surface area contributed by atoms with Crippen LogP contribution in [0.1, 0.15) is 37.2 Å². The normalized spacial score (nSPS) is 22.0. The molecular formula is C20H24ClN7. The molecule has 1 aliphatic carbocycles. The van der Waals surface area contributed by atoms with E-state index < -0.39 is 0 Å². The molecule has 0 spiro atoms. The van der Waals surface area contributed by atoms with E-state index in [0.717, 1.165) is 61.3 Å². The molecule has 2 atom stereocenters. The summed E-state index contributed by atoms with van der Waals surface area (Å²) in [5.74, 6) is 4.21. The summed E-state index contributed by atoms with van der Waals surface area (Å²) >= 11 is 5.87. The molecule has 8 heteroatoms. The quantitative estimate of drug-likeness (QED) is 0.798. The molecule has 0 radical (unpaired) electrons. The predicted molar refractivity (Wildman–Crippen MR) is 108 cm³/mol. The fourth-order valence-electron chi connectivity index (χ4n) is 4.27. The highest BCUT2D eigenvalue weighted by Gasteiger charge is 2.43. The third-order valence-electron chi connectivity index (χ3n) is 5.79. The number of hydrogen-bond donors (Lipinski definition) is 1. The van der Waals surface area contributed by atoms with Crippen LogP contribution < -0.4 is 10.2 Å². The molecule has 0 bridgehead atoms. The summed E-state index contributed by atoms with van der Waals surface area (Å²) in [6.45, 7) is 4.81. The van der Waals surface area contributed by atoms with Crippen LogP contribution in [0.3, 0.4) is 0 Å². The number of nitriles is 1. The second-order valence-corrected chi connectivity index (χ2v) is 8.17. The van der Waals surface area contributed by atoms with Gasteiger partial charge in [-0.2, -0.15) is 5.26 Å². The first-order valence-electron chi connectivity index (χ1n) is 9.84. The molecular weight excluding hydrogens is 374 g/mol. The number of aryl methyl sites for hydroxylation is 1. The van der Waals surface area contributed by atoms with Gasteiger partial charge in [0.2, 0.25) is 11.8 Å². The van der Waals surface area contributed by atoms with Gasteiger partial charge in [0.05, 0.1) is 17.4 Å². The van der Waals surface area contributed by atoms with E-state index in [1.54, 1.807) is 12.4 Å². The largest absolute Gasteiger partial charge is 0.370 e. The Kier molecular flexibility index (Phi) is 5.58. The Balaban J connectivity index is 1.20. The zero-order chi connectivity index (χ0) is 19.5. The van der Waals surface area contributed by atoms with E-state index in [1.165, 1.54) is 19.3 Å². The van der Waals surface area contributed by atoms with E-state index in [-0.39, 0.29) is 5.82 Å². The first kappa shape index (κ1) is 18.9. The van der Waals surface area contributed by atoms with E-state index in [1.807, 2.05) is 19.1 Å². The van der Waals surface area contributed by atoms with Gasteiger partial charge in [0.25, 0.3) is 0 Å². The molecule has 1 saturated carbocycles. The lowest BCUT2D eigenvalue weighted by atomic mass is 9.90. The molecule has 1 N–H and O–H groups in total. The van der Waals surface area contributed by atoms with Gasteiger partial charge in [-0.05, 0) is 50.4 Å². The molecule has 2 aromatic rings. The maximum absolute atomic E-state index is 8.97. The van der Waals surface area contributed by atoms with E-state index in [4.69, 9.17) is 16.9 Å². The Labute approximate surface area is 170 Å². The molecule has 28 heavy (non-hydrogen) atoms. The van der Waals surface area contributed by atoms with Crippen molar-refractivity contribution in [2.45, 2.75) is 32.6 Å². The van der Waals surface area contributed by atoms with Gasteiger partial charge < -0.3 is 10.2 Å². The summed E-state index contributed by atoms with van der Waals surface area (Å²) in [7, 11) is 0. The van der Waals surface area contributed by atoms with Gasteiger partial charge in [0, 0.05) is 31.4 Å². The summed E-state index contributed by atoms with van der Waals surface area (Å²) in [6.07, 6.45) is 8.22. The molecule has 4 rings (SSSR count). The minimum absolute atomic E-state index is 0.225. The van der Waals surface area contributed by atoms with Crippen molar-refractivity contribution in [2.24, 2.45) is 17.8 Å². The Hall–Kier alpha value is -2.46. The lowest BCUT2D eigenvalue weighted by Gasteiger charge is -2.32. The van der Waals surface area contributed by atoms with Crippen LogP contribution >= 0.6 is 11.6 Å². The molecule has 2 aliphatic rings. The van der Waals surface area contributed by atoms with Crippen LogP contribution in [0.5, 0.6) is 0 Å². The van der Waals surface area contributed by atoms with Crippen LogP contribution in [0.25, 0.3) is 0 Å². The average molecular weight is 398 g/mol. The maximum Gasteiger partial charge on any atom is 0.234 e. The summed E-state index contributed by atoms with van der Waals surface area (Å²) in [5.41, 5.74) is 0.815. The highest BCUT2D eigenvalue weighted by Crippen LogP contribution is 2.49. The summed E-state index contributed by atoms with van der Waals surface area (Å²) in [6, 6.07) is 3.89. The molecule has 2 fully saturated rings. The SMILES string of the molecule is Cc1cc(NCC[C@@H]2C[C@@H]2C2CCN(c3ncc(Cl)cn3)CC2)nc(C#N)n1. The number of halogens is 1. The number of piperidine rings is 1. The van der Waals surface area contributed by atoms with Crippen molar-refractivity contribution in [1.29, 1.82) is 5.26 Å². The van der Waals surface area contributed by atoms with Gasteiger partial charge in [-0.25, -0.2) is 19.9 Å². The van der Waals surface area contributed by atoms with E-state index in [2.05, 4.69) is 30.2 Å². The zero-order valence-corrected chi connectivity index (χ0v) is 16.7. The molecule has 2 aromatic heterocycles. The standard InChI is InChI=1S/C20H24ClN7/c1-13-8-18(27-19(10-22)26-13)23-5-2-15-9-17(15)14-3-6-28(7-4-14)20-24-11-16(21)12-25-20/h8,11-12,14-15,17H,2-7,9H2,1H3,(H,23,26,27)/t15-,17-/m1/s1. The molecule has 0 unspecified atom stereocenters. The minimum Gasteiger partial charge on any atom is -0.370 e. The van der Waals surface area contributed by atoms with E-state index in [9.17, 15) is 0 Å². The van der Waals surface area contributed by atoms with Crippen molar-refractivity contribution < 1.29 is 0 Å². The third kappa shape index (κ3) is 4.50. The number of hydrogen-bond acceptors (Lipinski definition) is 7. The van der Waals surface area contributed by atoms with Crippen molar-refractivity contribution in [3.8, 4) is 6.07 Å². The molecule has 0 aromatic carbocycles. The Morgan fingerprint density at radius 2 is 2.00 bits per heavy atom. The lowest BCUT2D eigenvalue weighted by molar-refractivity contribution is 0.343. The van der Waals surface area contributed by atoms with Gasteiger partial charge in [0.1, 0.15) is 11.9 Å². The predicted octanol–water partition coefficient (Wildman–Crippen LogP) is 3.45. The summed E-state index contributed by atoms with van der Waals surface area (Å²) < 4.78 is 0.